The topological polar surface area (TPSA) is 63.2 Å². The van der Waals surface area contributed by atoms with Crippen LogP contribution in [-0.2, 0) is 4.74 Å². The fraction of sp³-hybridized carbons (Fsp3) is 0.444. The number of anilines is 1. The maximum Gasteiger partial charge on any atom is 0.341 e. The van der Waals surface area contributed by atoms with E-state index < -0.39 is 0 Å². The molecule has 1 saturated heterocycles. The van der Waals surface area contributed by atoms with Gasteiger partial charge in [0.2, 0.25) is 0 Å². The molecule has 1 aliphatic heterocycles. The molecule has 1 aromatic carbocycles. The van der Waals surface area contributed by atoms with Crippen molar-refractivity contribution in [3.63, 3.8) is 0 Å². The van der Waals surface area contributed by atoms with Gasteiger partial charge in [0.05, 0.1) is 17.8 Å². The Labute approximate surface area is 150 Å². The van der Waals surface area contributed by atoms with E-state index in [2.05, 4.69) is 31.5 Å². The molecule has 1 aliphatic rings. The van der Waals surface area contributed by atoms with Crippen molar-refractivity contribution < 1.29 is 9.53 Å². The molecule has 5 nitrogen and oxygen atoms in total. The first-order valence-electron chi connectivity index (χ1n) is 8.39. The van der Waals surface area contributed by atoms with Crippen molar-refractivity contribution >= 4 is 38.5 Å². The van der Waals surface area contributed by atoms with Gasteiger partial charge in [-0.2, -0.15) is 0 Å². The predicted octanol–water partition coefficient (Wildman–Crippen LogP) is 3.59. The molecule has 0 bridgehead atoms. The minimum atomic E-state index is -0.334. The van der Waals surface area contributed by atoms with Crippen LogP contribution in [0.1, 0.15) is 30.1 Å². The Hall–Kier alpha value is -1.66. The number of benzene rings is 1. The van der Waals surface area contributed by atoms with Crippen LogP contribution < -0.4 is 10.6 Å². The van der Waals surface area contributed by atoms with Gasteiger partial charge < -0.3 is 15.4 Å². The molecule has 2 heterocycles. The lowest BCUT2D eigenvalue weighted by Gasteiger charge is -2.24. The van der Waals surface area contributed by atoms with E-state index in [1.54, 1.807) is 6.20 Å². The van der Waals surface area contributed by atoms with E-state index >= 15 is 0 Å². The molecule has 0 radical (unpaired) electrons. The van der Waals surface area contributed by atoms with Crippen molar-refractivity contribution in [3.05, 3.63) is 34.4 Å². The molecule has 128 valence electrons. The normalized spacial score (nSPS) is 15.4. The van der Waals surface area contributed by atoms with Gasteiger partial charge >= 0.3 is 5.97 Å². The van der Waals surface area contributed by atoms with Gasteiger partial charge in [0, 0.05) is 22.6 Å². The Morgan fingerprint density at radius 2 is 2.21 bits per heavy atom. The summed E-state index contributed by atoms with van der Waals surface area (Å²) in [5, 5.41) is 7.82. The van der Waals surface area contributed by atoms with E-state index in [9.17, 15) is 4.79 Å². The third-order valence-corrected chi connectivity index (χ3v) is 4.84. The number of nitrogens with zero attached hydrogens (tertiary/aromatic N) is 1. The van der Waals surface area contributed by atoms with Crippen LogP contribution in [-0.4, -0.2) is 37.2 Å². The highest BCUT2D eigenvalue weighted by Crippen LogP contribution is 2.30. The summed E-state index contributed by atoms with van der Waals surface area (Å²) in [6, 6.07) is 5.90. The molecule has 0 aliphatic carbocycles. The van der Waals surface area contributed by atoms with E-state index in [-0.39, 0.29) is 5.97 Å². The first-order chi connectivity index (χ1) is 11.7. The zero-order valence-electron chi connectivity index (χ0n) is 13.8. The first-order valence-corrected chi connectivity index (χ1v) is 9.18. The minimum absolute atomic E-state index is 0.334. The largest absolute Gasteiger partial charge is 0.462 e. The maximum absolute atomic E-state index is 12.3. The molecule has 6 heteroatoms. The number of hydrogen-bond donors (Lipinski definition) is 2. The van der Waals surface area contributed by atoms with Crippen LogP contribution in [0.25, 0.3) is 10.9 Å². The van der Waals surface area contributed by atoms with Gasteiger partial charge in [0.1, 0.15) is 5.56 Å². The van der Waals surface area contributed by atoms with Crippen LogP contribution in [0.15, 0.2) is 28.9 Å². The third-order valence-electron chi connectivity index (χ3n) is 4.35. The number of esters is 1. The Balaban J connectivity index is 1.94. The molecule has 2 aromatic rings. The Kier molecular flexibility index (Phi) is 5.68. The number of carbonyl (C=O) groups is 1. The summed E-state index contributed by atoms with van der Waals surface area (Å²) in [7, 11) is 0. The van der Waals surface area contributed by atoms with Gasteiger partial charge in [-0.05, 0) is 57.0 Å². The smallest absolute Gasteiger partial charge is 0.341 e. The molecule has 0 amide bonds. The molecule has 0 saturated carbocycles. The number of pyridine rings is 1. The highest BCUT2D eigenvalue weighted by Gasteiger charge is 2.19. The van der Waals surface area contributed by atoms with E-state index in [0.29, 0.717) is 18.1 Å². The van der Waals surface area contributed by atoms with Crippen molar-refractivity contribution in [1.82, 2.24) is 10.3 Å². The molecule has 0 unspecified atom stereocenters. The Bertz CT molecular complexity index is 730. The van der Waals surface area contributed by atoms with Gasteiger partial charge in [0.15, 0.2) is 0 Å². The van der Waals surface area contributed by atoms with Crippen molar-refractivity contribution in [2.24, 2.45) is 5.92 Å². The summed E-state index contributed by atoms with van der Waals surface area (Å²) in [5.74, 6) is 0.274. The highest BCUT2D eigenvalue weighted by atomic mass is 79.9. The Morgan fingerprint density at radius 1 is 1.42 bits per heavy atom. The predicted molar refractivity (Wildman–Crippen MR) is 99.5 cm³/mol. The third kappa shape index (κ3) is 3.87. The van der Waals surface area contributed by atoms with E-state index in [1.165, 1.54) is 0 Å². The average molecular weight is 392 g/mol. The first kappa shape index (κ1) is 17.2. The molecule has 1 fully saturated rings. The Morgan fingerprint density at radius 3 is 2.96 bits per heavy atom. The van der Waals surface area contributed by atoms with Gasteiger partial charge in [-0.1, -0.05) is 15.9 Å². The standard InChI is InChI=1S/C18H22BrN3O2/c1-2-24-18(23)15-11-21-16-4-3-13(19)9-14(16)17(15)22-10-12-5-7-20-8-6-12/h3-4,9,11-12,20H,2,5-8,10H2,1H3,(H,21,22). The molecule has 0 spiro atoms. The lowest BCUT2D eigenvalue weighted by molar-refractivity contribution is 0.0527. The summed E-state index contributed by atoms with van der Waals surface area (Å²) >= 11 is 3.51. The van der Waals surface area contributed by atoms with Crippen LogP contribution in [0.4, 0.5) is 5.69 Å². The zero-order valence-corrected chi connectivity index (χ0v) is 15.4. The number of rotatable bonds is 5. The van der Waals surface area contributed by atoms with Gasteiger partial charge in [0.25, 0.3) is 0 Å². The summed E-state index contributed by atoms with van der Waals surface area (Å²) < 4.78 is 6.16. The number of ether oxygens (including phenoxy) is 1. The highest BCUT2D eigenvalue weighted by molar-refractivity contribution is 9.10. The average Bonchev–Trinajstić information content (AvgIpc) is 2.60. The minimum Gasteiger partial charge on any atom is -0.462 e. The number of hydrogen-bond acceptors (Lipinski definition) is 5. The van der Waals surface area contributed by atoms with Crippen molar-refractivity contribution in [2.45, 2.75) is 19.8 Å². The molecule has 2 N–H and O–H groups in total. The summed E-state index contributed by atoms with van der Waals surface area (Å²) in [4.78, 5) is 16.7. The second kappa shape index (κ2) is 7.94. The van der Waals surface area contributed by atoms with Crippen LogP contribution in [0.2, 0.25) is 0 Å². The van der Waals surface area contributed by atoms with Crippen LogP contribution in [0.3, 0.4) is 0 Å². The zero-order chi connectivity index (χ0) is 16.9. The number of aromatic nitrogens is 1. The molecule has 1 aromatic heterocycles. The fourth-order valence-electron chi connectivity index (χ4n) is 3.05. The molecular formula is C18H22BrN3O2. The quantitative estimate of drug-likeness (QED) is 0.762. The lowest BCUT2D eigenvalue weighted by Crippen LogP contribution is -2.31. The second-order valence-corrected chi connectivity index (χ2v) is 6.92. The number of halogens is 1. The number of nitrogens with one attached hydrogen (secondary N) is 2. The summed E-state index contributed by atoms with van der Waals surface area (Å²) in [6.45, 7) is 5.12. The van der Waals surface area contributed by atoms with Crippen LogP contribution in [0.5, 0.6) is 0 Å². The van der Waals surface area contributed by atoms with E-state index in [4.69, 9.17) is 4.74 Å². The lowest BCUT2D eigenvalue weighted by atomic mass is 9.98. The molecule has 0 atom stereocenters. The molecule has 3 rings (SSSR count). The van der Waals surface area contributed by atoms with E-state index in [0.717, 1.165) is 53.5 Å². The second-order valence-electron chi connectivity index (χ2n) is 6.00. The fourth-order valence-corrected chi connectivity index (χ4v) is 3.41. The van der Waals surface area contributed by atoms with Crippen molar-refractivity contribution in [3.8, 4) is 0 Å². The maximum atomic E-state index is 12.3. The SMILES string of the molecule is CCOC(=O)c1cnc2ccc(Br)cc2c1NCC1CCNCC1. The van der Waals surface area contributed by atoms with Gasteiger partial charge in [-0.3, -0.25) is 4.98 Å². The van der Waals surface area contributed by atoms with Crippen molar-refractivity contribution in [2.75, 3.05) is 31.6 Å². The van der Waals surface area contributed by atoms with Gasteiger partial charge in [-0.15, -0.1) is 0 Å². The van der Waals surface area contributed by atoms with Crippen LogP contribution in [0, 0.1) is 5.92 Å². The number of piperidine rings is 1. The monoisotopic (exact) mass is 391 g/mol. The molecule has 24 heavy (non-hydrogen) atoms. The summed E-state index contributed by atoms with van der Waals surface area (Å²) in [6.07, 6.45) is 3.90. The van der Waals surface area contributed by atoms with Gasteiger partial charge in [-0.25, -0.2) is 4.79 Å². The van der Waals surface area contributed by atoms with Crippen molar-refractivity contribution in [1.29, 1.82) is 0 Å². The number of carbonyl (C=O) groups excluding carboxylic acids is 1. The number of fused-ring (bicyclic) bond motifs is 1. The molecular weight excluding hydrogens is 370 g/mol. The van der Waals surface area contributed by atoms with Crippen LogP contribution >= 0.6 is 15.9 Å². The van der Waals surface area contributed by atoms with E-state index in [1.807, 2.05) is 25.1 Å². The summed E-state index contributed by atoms with van der Waals surface area (Å²) in [5.41, 5.74) is 2.17.